The largest absolute Gasteiger partial charge is 0.317 e. The Morgan fingerprint density at radius 3 is 2.44 bits per heavy atom. The second-order valence-electron chi connectivity index (χ2n) is 5.43. The molecule has 1 aromatic heterocycles. The first-order valence-electron chi connectivity index (χ1n) is 7.18. The molecule has 1 aliphatic carbocycles. The van der Waals surface area contributed by atoms with Crippen LogP contribution in [0.5, 0.6) is 0 Å². The van der Waals surface area contributed by atoms with E-state index in [9.17, 15) is 0 Å². The van der Waals surface area contributed by atoms with Gasteiger partial charge in [-0.1, -0.05) is 6.92 Å². The first-order valence-corrected chi connectivity index (χ1v) is 7.99. The third-order valence-electron chi connectivity index (χ3n) is 4.20. The molecule has 0 bridgehead atoms. The maximum atomic E-state index is 3.41. The lowest BCUT2D eigenvalue weighted by atomic mass is 9.90. The molecule has 2 nitrogen and oxygen atoms in total. The molecule has 1 heterocycles. The van der Waals surface area contributed by atoms with Gasteiger partial charge in [0.25, 0.3) is 0 Å². The van der Waals surface area contributed by atoms with Crippen molar-refractivity contribution in [3.63, 3.8) is 0 Å². The van der Waals surface area contributed by atoms with Gasteiger partial charge in [0, 0.05) is 28.4 Å². The van der Waals surface area contributed by atoms with Crippen molar-refractivity contribution in [3.8, 4) is 0 Å². The van der Waals surface area contributed by atoms with E-state index in [0.717, 1.165) is 18.6 Å². The predicted molar refractivity (Wildman–Crippen MR) is 80.3 cm³/mol. The normalized spacial score (nSPS) is 24.7. The lowest BCUT2D eigenvalue weighted by Crippen LogP contribution is -2.39. The van der Waals surface area contributed by atoms with Gasteiger partial charge in [-0.15, -0.1) is 11.3 Å². The zero-order valence-electron chi connectivity index (χ0n) is 11.9. The number of nitrogens with zero attached hydrogens (tertiary/aromatic N) is 1. The third-order valence-corrected chi connectivity index (χ3v) is 5.41. The molecule has 3 heteroatoms. The average molecular weight is 266 g/mol. The van der Waals surface area contributed by atoms with Crippen molar-refractivity contribution in [2.75, 3.05) is 14.1 Å². The van der Waals surface area contributed by atoms with Gasteiger partial charge in [0.1, 0.15) is 0 Å². The van der Waals surface area contributed by atoms with Crippen LogP contribution in [-0.2, 0) is 13.0 Å². The lowest BCUT2D eigenvalue weighted by Gasteiger charge is -2.34. The Hall–Kier alpha value is -0.380. The molecule has 102 valence electrons. The van der Waals surface area contributed by atoms with Crippen molar-refractivity contribution in [2.24, 2.45) is 0 Å². The van der Waals surface area contributed by atoms with Gasteiger partial charge >= 0.3 is 0 Å². The van der Waals surface area contributed by atoms with E-state index in [4.69, 9.17) is 0 Å². The second kappa shape index (κ2) is 6.69. The van der Waals surface area contributed by atoms with Crippen molar-refractivity contribution in [1.82, 2.24) is 10.2 Å². The Morgan fingerprint density at radius 1 is 1.22 bits per heavy atom. The van der Waals surface area contributed by atoms with Crippen LogP contribution in [-0.4, -0.2) is 31.1 Å². The fourth-order valence-corrected chi connectivity index (χ4v) is 3.90. The summed E-state index contributed by atoms with van der Waals surface area (Å²) < 4.78 is 0. The molecular formula is C15H26N2S. The van der Waals surface area contributed by atoms with Gasteiger partial charge in [-0.2, -0.15) is 0 Å². The summed E-state index contributed by atoms with van der Waals surface area (Å²) in [6.07, 6.45) is 6.51. The molecule has 0 amide bonds. The number of rotatable bonds is 5. The van der Waals surface area contributed by atoms with Crippen molar-refractivity contribution < 1.29 is 0 Å². The highest BCUT2D eigenvalue weighted by Gasteiger charge is 2.23. The van der Waals surface area contributed by atoms with E-state index < -0.39 is 0 Å². The van der Waals surface area contributed by atoms with E-state index in [1.165, 1.54) is 41.9 Å². The summed E-state index contributed by atoms with van der Waals surface area (Å²) in [5.41, 5.74) is 0. The lowest BCUT2D eigenvalue weighted by molar-refractivity contribution is 0.171. The van der Waals surface area contributed by atoms with Gasteiger partial charge in [-0.05, 0) is 58.3 Å². The van der Waals surface area contributed by atoms with Gasteiger partial charge in [0.2, 0.25) is 0 Å². The number of nitrogens with one attached hydrogen (secondary N) is 1. The molecule has 1 fully saturated rings. The van der Waals surface area contributed by atoms with Gasteiger partial charge in [0.15, 0.2) is 0 Å². The van der Waals surface area contributed by atoms with E-state index in [1.54, 1.807) is 0 Å². The van der Waals surface area contributed by atoms with E-state index in [-0.39, 0.29) is 0 Å². The third kappa shape index (κ3) is 3.56. The number of aryl methyl sites for hydroxylation is 1. The van der Waals surface area contributed by atoms with Crippen molar-refractivity contribution in [2.45, 2.75) is 57.7 Å². The highest BCUT2D eigenvalue weighted by molar-refractivity contribution is 7.11. The predicted octanol–water partition coefficient (Wildman–Crippen LogP) is 3.27. The van der Waals surface area contributed by atoms with Crippen molar-refractivity contribution in [1.29, 1.82) is 0 Å². The van der Waals surface area contributed by atoms with Gasteiger partial charge in [0.05, 0.1) is 0 Å². The second-order valence-corrected chi connectivity index (χ2v) is 6.68. The summed E-state index contributed by atoms with van der Waals surface area (Å²) in [5, 5.41) is 3.41. The smallest absolute Gasteiger partial charge is 0.0327 e. The summed E-state index contributed by atoms with van der Waals surface area (Å²) in [6.45, 7) is 3.36. The fraction of sp³-hybridized carbons (Fsp3) is 0.733. The fourth-order valence-electron chi connectivity index (χ4n) is 2.88. The van der Waals surface area contributed by atoms with Crippen LogP contribution in [0, 0.1) is 0 Å². The minimum atomic E-state index is 0.753. The molecule has 0 radical (unpaired) electrons. The Balaban J connectivity index is 1.82. The molecule has 0 atom stereocenters. The van der Waals surface area contributed by atoms with Crippen LogP contribution in [0.25, 0.3) is 0 Å². The minimum absolute atomic E-state index is 0.753. The number of hydrogen-bond acceptors (Lipinski definition) is 3. The van der Waals surface area contributed by atoms with Gasteiger partial charge < -0.3 is 5.32 Å². The van der Waals surface area contributed by atoms with Crippen LogP contribution >= 0.6 is 11.3 Å². The molecule has 18 heavy (non-hydrogen) atoms. The van der Waals surface area contributed by atoms with Crippen LogP contribution in [0.1, 0.15) is 42.4 Å². The Kier molecular flexibility index (Phi) is 5.22. The molecular weight excluding hydrogens is 240 g/mol. The molecule has 0 unspecified atom stereocenters. The Bertz CT molecular complexity index is 353. The summed E-state index contributed by atoms with van der Waals surface area (Å²) in [7, 11) is 4.38. The molecule has 0 spiro atoms. The van der Waals surface area contributed by atoms with Crippen LogP contribution in [0.15, 0.2) is 12.1 Å². The van der Waals surface area contributed by atoms with Crippen LogP contribution in [0.4, 0.5) is 0 Å². The average Bonchev–Trinajstić information content (AvgIpc) is 2.86. The van der Waals surface area contributed by atoms with Crippen molar-refractivity contribution >= 4 is 11.3 Å². The van der Waals surface area contributed by atoms with E-state index in [2.05, 4.69) is 43.4 Å². The van der Waals surface area contributed by atoms with E-state index in [1.807, 2.05) is 11.3 Å². The zero-order chi connectivity index (χ0) is 13.0. The number of thiophene rings is 1. The molecule has 1 N–H and O–H groups in total. The standard InChI is InChI=1S/C15H26N2S/c1-4-14-9-10-15(18-14)11-17(3)13-7-5-12(16-2)6-8-13/h9-10,12-13,16H,4-8,11H2,1-3H3. The molecule has 0 aromatic carbocycles. The zero-order valence-corrected chi connectivity index (χ0v) is 12.7. The van der Waals surface area contributed by atoms with Crippen LogP contribution < -0.4 is 5.32 Å². The first-order chi connectivity index (χ1) is 8.72. The highest BCUT2D eigenvalue weighted by Crippen LogP contribution is 2.25. The van der Waals surface area contributed by atoms with Gasteiger partial charge in [-0.25, -0.2) is 0 Å². The maximum Gasteiger partial charge on any atom is 0.0327 e. The molecule has 1 aromatic rings. The monoisotopic (exact) mass is 266 g/mol. The van der Waals surface area contributed by atoms with E-state index >= 15 is 0 Å². The summed E-state index contributed by atoms with van der Waals surface area (Å²) in [4.78, 5) is 5.58. The Morgan fingerprint density at radius 2 is 1.89 bits per heavy atom. The summed E-state index contributed by atoms with van der Waals surface area (Å²) in [5.74, 6) is 0. The summed E-state index contributed by atoms with van der Waals surface area (Å²) in [6, 6.07) is 6.12. The molecule has 0 saturated heterocycles. The highest BCUT2D eigenvalue weighted by atomic mass is 32.1. The minimum Gasteiger partial charge on any atom is -0.317 e. The van der Waals surface area contributed by atoms with Crippen LogP contribution in [0.2, 0.25) is 0 Å². The maximum absolute atomic E-state index is 3.41. The quantitative estimate of drug-likeness (QED) is 0.880. The molecule has 1 saturated carbocycles. The molecule has 0 aliphatic heterocycles. The topological polar surface area (TPSA) is 15.3 Å². The summed E-state index contributed by atoms with van der Waals surface area (Å²) >= 11 is 1.98. The number of hydrogen-bond donors (Lipinski definition) is 1. The van der Waals surface area contributed by atoms with E-state index in [0.29, 0.717) is 0 Å². The van der Waals surface area contributed by atoms with Gasteiger partial charge in [-0.3, -0.25) is 4.90 Å². The molecule has 1 aliphatic rings. The SMILES string of the molecule is CCc1ccc(CN(C)C2CCC(NC)CC2)s1. The van der Waals surface area contributed by atoms with Crippen molar-refractivity contribution in [3.05, 3.63) is 21.9 Å². The first kappa shape index (κ1) is 14.0. The van der Waals surface area contributed by atoms with Crippen LogP contribution in [0.3, 0.4) is 0 Å². The Labute approximate surface area is 115 Å². The molecule has 2 rings (SSSR count).